The molecule has 0 amide bonds. The third-order valence-corrected chi connectivity index (χ3v) is 3.43. The Morgan fingerprint density at radius 1 is 1.22 bits per heavy atom. The Morgan fingerprint density at radius 2 is 1.83 bits per heavy atom. The molecular weight excluding hydrogens is 309 g/mol. The first-order valence-electron chi connectivity index (χ1n) is 7.43. The zero-order valence-corrected chi connectivity index (χ0v) is 13.0. The lowest BCUT2D eigenvalue weighted by atomic mass is 10.1. The van der Waals surface area contributed by atoms with E-state index < -0.39 is 11.9 Å². The van der Waals surface area contributed by atoms with Crippen molar-refractivity contribution in [3.05, 3.63) is 41.7 Å². The van der Waals surface area contributed by atoms with E-state index in [2.05, 4.69) is 4.98 Å². The zero-order chi connectivity index (χ0) is 17.0. The number of alkyl halides is 3. The second-order valence-corrected chi connectivity index (χ2v) is 4.90. The van der Waals surface area contributed by atoms with Gasteiger partial charge in [0.1, 0.15) is 5.82 Å². The first kappa shape index (κ1) is 17.5. The number of aliphatic hydroxyl groups is 1. The molecule has 1 saturated heterocycles. The van der Waals surface area contributed by atoms with Gasteiger partial charge in [0.05, 0.1) is 25.9 Å². The van der Waals surface area contributed by atoms with Crippen LogP contribution in [0.3, 0.4) is 0 Å². The van der Waals surface area contributed by atoms with Crippen LogP contribution in [0.1, 0.15) is 31.1 Å². The Bertz CT molecular complexity index is 632. The molecule has 3 rings (SSSR count). The van der Waals surface area contributed by atoms with Gasteiger partial charge in [-0.15, -0.1) is 0 Å². The van der Waals surface area contributed by atoms with Crippen molar-refractivity contribution in [2.45, 2.75) is 32.7 Å². The summed E-state index contributed by atoms with van der Waals surface area (Å²) in [6.07, 6.45) is -3.45. The van der Waals surface area contributed by atoms with Gasteiger partial charge in [0.15, 0.2) is 5.69 Å². The van der Waals surface area contributed by atoms with Gasteiger partial charge < -0.3 is 14.4 Å². The fourth-order valence-electron chi connectivity index (χ4n) is 2.17. The summed E-state index contributed by atoms with van der Waals surface area (Å²) in [4.78, 5) is 3.73. The Morgan fingerprint density at radius 3 is 2.26 bits per heavy atom. The normalized spacial score (nSPS) is 14.9. The Kier molecular flexibility index (Phi) is 5.43. The van der Waals surface area contributed by atoms with Crippen LogP contribution in [0.5, 0.6) is 0 Å². The third kappa shape index (κ3) is 3.73. The lowest BCUT2D eigenvalue weighted by molar-refractivity contribution is -0.141. The fraction of sp³-hybridized carbons (Fsp3) is 0.438. The third-order valence-electron chi connectivity index (χ3n) is 3.43. The van der Waals surface area contributed by atoms with Gasteiger partial charge in [-0.25, -0.2) is 4.98 Å². The molecule has 1 N–H and O–H groups in total. The number of halogens is 3. The van der Waals surface area contributed by atoms with Crippen molar-refractivity contribution < 1.29 is 23.0 Å². The summed E-state index contributed by atoms with van der Waals surface area (Å²) >= 11 is 0. The maximum absolute atomic E-state index is 12.9. The molecule has 0 saturated carbocycles. The van der Waals surface area contributed by atoms with Gasteiger partial charge >= 0.3 is 6.18 Å². The maximum atomic E-state index is 12.9. The molecule has 0 spiro atoms. The number of rotatable bonds is 3. The van der Waals surface area contributed by atoms with Gasteiger partial charge in [0.25, 0.3) is 0 Å². The van der Waals surface area contributed by atoms with E-state index >= 15 is 0 Å². The standard InChI is InChI=1S/C14H13F3N2O2.C2H6/c15-14(16,17)12-5-19(11-7-21-8-11)13(18-12)10-3-1-9(6-20)2-4-10;1-2/h1-5,11,20H,6-8H2;1-2H3. The van der Waals surface area contributed by atoms with Crippen LogP contribution in [0.15, 0.2) is 30.5 Å². The van der Waals surface area contributed by atoms with Crippen molar-refractivity contribution in [2.75, 3.05) is 13.2 Å². The minimum absolute atomic E-state index is 0.112. The zero-order valence-electron chi connectivity index (χ0n) is 13.0. The molecule has 126 valence electrons. The molecule has 0 aliphatic carbocycles. The number of benzene rings is 1. The molecule has 4 nitrogen and oxygen atoms in total. The molecular formula is C16H19F3N2O2. The molecule has 1 fully saturated rings. The molecule has 2 aromatic rings. The number of imidazole rings is 1. The summed E-state index contributed by atoms with van der Waals surface area (Å²) in [6.45, 7) is 4.66. The van der Waals surface area contributed by atoms with Crippen molar-refractivity contribution in [3.8, 4) is 11.4 Å². The molecule has 1 aliphatic rings. The van der Waals surface area contributed by atoms with Crippen molar-refractivity contribution in [1.29, 1.82) is 0 Å². The largest absolute Gasteiger partial charge is 0.434 e. The molecule has 0 unspecified atom stereocenters. The Hall–Kier alpha value is -1.86. The number of nitrogens with zero attached hydrogens (tertiary/aromatic N) is 2. The number of ether oxygens (including phenoxy) is 1. The van der Waals surface area contributed by atoms with Crippen LogP contribution in [0, 0.1) is 0 Å². The van der Waals surface area contributed by atoms with Crippen molar-refractivity contribution in [3.63, 3.8) is 0 Å². The lowest BCUT2D eigenvalue weighted by Crippen LogP contribution is -2.30. The smallest absolute Gasteiger partial charge is 0.392 e. The van der Waals surface area contributed by atoms with E-state index in [-0.39, 0.29) is 18.5 Å². The highest BCUT2D eigenvalue weighted by Crippen LogP contribution is 2.34. The SMILES string of the molecule is CC.OCc1ccc(-c2nc(C(F)(F)F)cn2C2COC2)cc1. The highest BCUT2D eigenvalue weighted by atomic mass is 19.4. The number of hydrogen-bond donors (Lipinski definition) is 1. The molecule has 2 heterocycles. The predicted octanol–water partition coefficient (Wildman–Crippen LogP) is 3.66. The fourth-order valence-corrected chi connectivity index (χ4v) is 2.17. The van der Waals surface area contributed by atoms with E-state index in [0.29, 0.717) is 24.3 Å². The van der Waals surface area contributed by atoms with Crippen LogP contribution < -0.4 is 0 Å². The molecule has 1 aromatic heterocycles. The van der Waals surface area contributed by atoms with Gasteiger partial charge in [0.2, 0.25) is 0 Å². The van der Waals surface area contributed by atoms with Gasteiger partial charge in [-0.1, -0.05) is 38.1 Å². The topological polar surface area (TPSA) is 47.3 Å². The van der Waals surface area contributed by atoms with Crippen LogP contribution in [-0.2, 0) is 17.5 Å². The summed E-state index contributed by atoms with van der Waals surface area (Å²) in [5, 5.41) is 9.01. The molecule has 1 aliphatic heterocycles. The molecule has 0 bridgehead atoms. The average molecular weight is 328 g/mol. The van der Waals surface area contributed by atoms with Gasteiger partial charge in [-0.05, 0) is 5.56 Å². The molecule has 0 atom stereocenters. The summed E-state index contributed by atoms with van der Waals surface area (Å²) in [6, 6.07) is 6.52. The van der Waals surface area contributed by atoms with E-state index in [1.54, 1.807) is 24.3 Å². The van der Waals surface area contributed by atoms with Crippen LogP contribution in [0.25, 0.3) is 11.4 Å². The second-order valence-electron chi connectivity index (χ2n) is 4.90. The van der Waals surface area contributed by atoms with E-state index in [1.807, 2.05) is 13.8 Å². The van der Waals surface area contributed by atoms with Crippen molar-refractivity contribution >= 4 is 0 Å². The van der Waals surface area contributed by atoms with Crippen LogP contribution in [0.2, 0.25) is 0 Å². The van der Waals surface area contributed by atoms with Gasteiger partial charge in [0, 0.05) is 11.8 Å². The van der Waals surface area contributed by atoms with Gasteiger partial charge in [-0.3, -0.25) is 0 Å². The molecule has 0 radical (unpaired) electrons. The van der Waals surface area contributed by atoms with Gasteiger partial charge in [-0.2, -0.15) is 13.2 Å². The Balaban J connectivity index is 0.000000924. The summed E-state index contributed by atoms with van der Waals surface area (Å²) in [7, 11) is 0. The highest BCUT2D eigenvalue weighted by molar-refractivity contribution is 5.57. The molecule has 23 heavy (non-hydrogen) atoms. The summed E-state index contributed by atoms with van der Waals surface area (Å²) in [5.41, 5.74) is 0.366. The average Bonchev–Trinajstić information content (AvgIpc) is 2.92. The van der Waals surface area contributed by atoms with Crippen LogP contribution in [0.4, 0.5) is 13.2 Å². The minimum atomic E-state index is -4.48. The number of aliphatic hydroxyl groups excluding tert-OH is 1. The first-order chi connectivity index (χ1) is 11.0. The summed E-state index contributed by atoms with van der Waals surface area (Å²) in [5.74, 6) is 0.264. The summed E-state index contributed by atoms with van der Waals surface area (Å²) < 4.78 is 45.1. The van der Waals surface area contributed by atoms with E-state index in [4.69, 9.17) is 9.84 Å². The number of aromatic nitrogens is 2. The van der Waals surface area contributed by atoms with Crippen LogP contribution in [-0.4, -0.2) is 27.9 Å². The second kappa shape index (κ2) is 7.14. The van der Waals surface area contributed by atoms with E-state index in [9.17, 15) is 13.2 Å². The monoisotopic (exact) mass is 328 g/mol. The first-order valence-corrected chi connectivity index (χ1v) is 7.43. The van der Waals surface area contributed by atoms with E-state index in [0.717, 1.165) is 6.20 Å². The Labute approximate surface area is 132 Å². The van der Waals surface area contributed by atoms with Crippen LogP contribution >= 0.6 is 0 Å². The minimum Gasteiger partial charge on any atom is -0.392 e. The van der Waals surface area contributed by atoms with Crippen molar-refractivity contribution in [2.24, 2.45) is 0 Å². The highest BCUT2D eigenvalue weighted by Gasteiger charge is 2.36. The quantitative estimate of drug-likeness (QED) is 0.935. The lowest BCUT2D eigenvalue weighted by Gasteiger charge is -2.28. The predicted molar refractivity (Wildman–Crippen MR) is 79.8 cm³/mol. The molecule has 7 heteroatoms. The maximum Gasteiger partial charge on any atom is 0.434 e. The number of hydrogen-bond acceptors (Lipinski definition) is 3. The molecule has 1 aromatic carbocycles. The van der Waals surface area contributed by atoms with E-state index in [1.165, 1.54) is 4.57 Å². The van der Waals surface area contributed by atoms with Crippen molar-refractivity contribution in [1.82, 2.24) is 9.55 Å².